The normalized spacial score (nSPS) is 13.3. The van der Waals surface area contributed by atoms with Crippen LogP contribution in [0.5, 0.6) is 0 Å². The number of aliphatic hydroxyl groups is 1. The quantitative estimate of drug-likeness (QED) is 0.123. The van der Waals surface area contributed by atoms with E-state index in [0.29, 0.717) is 25.1 Å². The van der Waals surface area contributed by atoms with Gasteiger partial charge < -0.3 is 14.8 Å². The van der Waals surface area contributed by atoms with Gasteiger partial charge in [0.05, 0.1) is 24.5 Å². The van der Waals surface area contributed by atoms with E-state index in [1.54, 1.807) is 6.20 Å². The number of hydrogen-bond donors (Lipinski definition) is 5. The zero-order valence-electron chi connectivity index (χ0n) is 21.0. The Labute approximate surface area is 223 Å². The van der Waals surface area contributed by atoms with E-state index in [1.807, 2.05) is 60.7 Å². The SMILES string of the molecule is NS(=O)(=O)NCCCCC(NC(O)OCc1ccccc1)c1cnc(-c2cccc(-c3ccccc3)c2)[nH]1. The third-order valence-corrected chi connectivity index (χ3v) is 6.64. The third-order valence-electron chi connectivity index (χ3n) is 6.03. The Kier molecular flexibility index (Phi) is 9.77. The van der Waals surface area contributed by atoms with Gasteiger partial charge in [-0.3, -0.25) is 5.32 Å². The van der Waals surface area contributed by atoms with E-state index in [0.717, 1.165) is 27.9 Å². The molecule has 1 heterocycles. The van der Waals surface area contributed by atoms with Gasteiger partial charge in [-0.25, -0.2) is 14.8 Å². The molecule has 0 aliphatic carbocycles. The van der Waals surface area contributed by atoms with Crippen molar-refractivity contribution >= 4 is 10.2 Å². The molecular weight excluding hydrogens is 502 g/mol. The molecule has 0 amide bonds. The van der Waals surface area contributed by atoms with Gasteiger partial charge in [0.15, 0.2) is 0 Å². The number of benzene rings is 3. The number of unbranched alkanes of at least 4 members (excludes halogenated alkanes) is 1. The van der Waals surface area contributed by atoms with Gasteiger partial charge in [-0.15, -0.1) is 0 Å². The smallest absolute Gasteiger partial charge is 0.274 e. The first-order chi connectivity index (χ1) is 18.4. The Morgan fingerprint density at radius 2 is 1.61 bits per heavy atom. The van der Waals surface area contributed by atoms with Gasteiger partial charge in [0.2, 0.25) is 6.41 Å². The van der Waals surface area contributed by atoms with Gasteiger partial charge in [0, 0.05) is 12.1 Å². The van der Waals surface area contributed by atoms with E-state index in [1.165, 1.54) is 0 Å². The van der Waals surface area contributed by atoms with Crippen LogP contribution < -0.4 is 15.2 Å². The molecule has 200 valence electrons. The number of aromatic nitrogens is 2. The lowest BCUT2D eigenvalue weighted by Crippen LogP contribution is -2.35. The molecule has 4 aromatic rings. The van der Waals surface area contributed by atoms with Crippen LogP contribution in [-0.2, 0) is 21.6 Å². The van der Waals surface area contributed by atoms with Gasteiger partial charge in [-0.2, -0.15) is 8.42 Å². The van der Waals surface area contributed by atoms with Crippen LogP contribution in [0.25, 0.3) is 22.5 Å². The summed E-state index contributed by atoms with van der Waals surface area (Å²) in [5, 5.41) is 18.7. The van der Waals surface area contributed by atoms with Crippen molar-refractivity contribution in [2.45, 2.75) is 38.3 Å². The third kappa shape index (κ3) is 8.59. The van der Waals surface area contributed by atoms with Crippen molar-refractivity contribution < 1.29 is 18.3 Å². The van der Waals surface area contributed by atoms with Crippen molar-refractivity contribution in [3.05, 3.63) is 102 Å². The highest BCUT2D eigenvalue weighted by molar-refractivity contribution is 7.87. The largest absolute Gasteiger partial charge is 0.356 e. The van der Waals surface area contributed by atoms with E-state index in [-0.39, 0.29) is 19.2 Å². The summed E-state index contributed by atoms with van der Waals surface area (Å²) in [6.45, 7) is 0.486. The van der Waals surface area contributed by atoms with Crippen molar-refractivity contribution in [1.29, 1.82) is 0 Å². The summed E-state index contributed by atoms with van der Waals surface area (Å²) in [5.74, 6) is 0.708. The molecule has 1 aromatic heterocycles. The molecule has 0 saturated carbocycles. The lowest BCUT2D eigenvalue weighted by Gasteiger charge is -2.22. The highest BCUT2D eigenvalue weighted by Gasteiger charge is 2.19. The molecular formula is C28H33N5O4S. The number of nitrogens with one attached hydrogen (secondary N) is 3. The minimum atomic E-state index is -3.72. The molecule has 2 unspecified atom stereocenters. The summed E-state index contributed by atoms with van der Waals surface area (Å²) in [6, 6.07) is 27.5. The number of hydrogen-bond acceptors (Lipinski definition) is 6. The summed E-state index contributed by atoms with van der Waals surface area (Å²) < 4.78 is 30.2. The standard InChI is InChI=1S/C28H33N5O4S/c29-38(35,36)31-17-8-7-16-25(33-28(34)37-20-21-10-3-1-4-11-21)26-19-30-27(32-26)24-15-9-14-23(18-24)22-12-5-2-6-13-22/h1-6,9-15,18-19,25,28,31,33-34H,7-8,16-17,20H2,(H,30,32)(H2,29,35,36). The number of ether oxygens (including phenoxy) is 1. The van der Waals surface area contributed by atoms with Crippen molar-refractivity contribution in [2.75, 3.05) is 6.54 Å². The predicted octanol–water partition coefficient (Wildman–Crippen LogP) is 3.83. The molecule has 4 rings (SSSR count). The summed E-state index contributed by atoms with van der Waals surface area (Å²) in [7, 11) is -3.72. The van der Waals surface area contributed by atoms with E-state index >= 15 is 0 Å². The number of nitrogens with zero attached hydrogens (tertiary/aromatic N) is 1. The summed E-state index contributed by atoms with van der Waals surface area (Å²) in [5.41, 5.74) is 4.87. The molecule has 0 radical (unpaired) electrons. The van der Waals surface area contributed by atoms with E-state index in [9.17, 15) is 13.5 Å². The first-order valence-electron chi connectivity index (χ1n) is 12.5. The number of aliphatic hydroxyl groups excluding tert-OH is 1. The fourth-order valence-corrected chi connectivity index (χ4v) is 4.55. The van der Waals surface area contributed by atoms with Crippen LogP contribution in [0.15, 0.2) is 91.1 Å². The Balaban J connectivity index is 1.45. The van der Waals surface area contributed by atoms with Gasteiger partial charge in [0.25, 0.3) is 10.2 Å². The lowest BCUT2D eigenvalue weighted by atomic mass is 10.0. The second-order valence-electron chi connectivity index (χ2n) is 8.94. The first-order valence-corrected chi connectivity index (χ1v) is 14.0. The van der Waals surface area contributed by atoms with Crippen LogP contribution in [0, 0.1) is 0 Å². The van der Waals surface area contributed by atoms with Gasteiger partial charge in [-0.1, -0.05) is 85.3 Å². The Morgan fingerprint density at radius 3 is 2.34 bits per heavy atom. The average molecular weight is 536 g/mol. The zero-order valence-corrected chi connectivity index (χ0v) is 21.8. The maximum absolute atomic E-state index is 11.1. The second-order valence-corrected chi connectivity index (χ2v) is 10.3. The molecule has 6 N–H and O–H groups in total. The fourth-order valence-electron chi connectivity index (χ4n) is 4.12. The number of H-pyrrole nitrogens is 1. The molecule has 0 fully saturated rings. The van der Waals surface area contributed by atoms with Crippen LogP contribution in [0.2, 0.25) is 0 Å². The molecule has 0 saturated heterocycles. The molecule has 2 atom stereocenters. The Bertz CT molecular complexity index is 1380. The van der Waals surface area contributed by atoms with Gasteiger partial charge in [-0.05, 0) is 35.6 Å². The van der Waals surface area contributed by atoms with Crippen molar-refractivity contribution in [3.63, 3.8) is 0 Å². The molecule has 3 aromatic carbocycles. The molecule has 9 nitrogen and oxygen atoms in total. The zero-order chi connectivity index (χ0) is 26.8. The van der Waals surface area contributed by atoms with E-state index < -0.39 is 16.6 Å². The van der Waals surface area contributed by atoms with E-state index in [4.69, 9.17) is 9.88 Å². The van der Waals surface area contributed by atoms with Crippen LogP contribution in [0.3, 0.4) is 0 Å². The molecule has 0 aliphatic heterocycles. The first kappa shape index (κ1) is 27.6. The van der Waals surface area contributed by atoms with Crippen molar-refractivity contribution in [1.82, 2.24) is 20.0 Å². The number of nitrogens with two attached hydrogens (primary N) is 1. The van der Waals surface area contributed by atoms with Gasteiger partial charge >= 0.3 is 0 Å². The fraction of sp³-hybridized carbons (Fsp3) is 0.250. The maximum Gasteiger partial charge on any atom is 0.274 e. The minimum absolute atomic E-state index is 0.235. The van der Waals surface area contributed by atoms with E-state index in [2.05, 4.69) is 44.3 Å². The van der Waals surface area contributed by atoms with Crippen molar-refractivity contribution in [2.24, 2.45) is 5.14 Å². The van der Waals surface area contributed by atoms with Crippen LogP contribution in [-0.4, -0.2) is 36.5 Å². The average Bonchev–Trinajstić information content (AvgIpc) is 3.42. The van der Waals surface area contributed by atoms with Crippen molar-refractivity contribution in [3.8, 4) is 22.5 Å². The second kappa shape index (κ2) is 13.4. The summed E-state index contributed by atoms with van der Waals surface area (Å²) >= 11 is 0. The van der Waals surface area contributed by atoms with Crippen LogP contribution in [0.4, 0.5) is 0 Å². The van der Waals surface area contributed by atoms with Crippen LogP contribution >= 0.6 is 0 Å². The summed E-state index contributed by atoms with van der Waals surface area (Å²) in [6.07, 6.45) is 2.38. The highest BCUT2D eigenvalue weighted by Crippen LogP contribution is 2.27. The lowest BCUT2D eigenvalue weighted by molar-refractivity contribution is -0.135. The minimum Gasteiger partial charge on any atom is -0.356 e. The highest BCUT2D eigenvalue weighted by atomic mass is 32.2. The maximum atomic E-state index is 11.1. The Morgan fingerprint density at radius 1 is 0.921 bits per heavy atom. The molecule has 10 heteroatoms. The Hall–Kier alpha value is -3.38. The molecule has 0 bridgehead atoms. The van der Waals surface area contributed by atoms with Gasteiger partial charge in [0.1, 0.15) is 5.82 Å². The monoisotopic (exact) mass is 535 g/mol. The number of rotatable bonds is 14. The topological polar surface area (TPSA) is 142 Å². The number of aromatic amines is 1. The molecule has 0 spiro atoms. The predicted molar refractivity (Wildman–Crippen MR) is 148 cm³/mol. The molecule has 38 heavy (non-hydrogen) atoms. The number of imidazole rings is 1. The molecule has 0 aliphatic rings. The van der Waals surface area contributed by atoms with Crippen LogP contribution in [0.1, 0.15) is 36.6 Å². The summed E-state index contributed by atoms with van der Waals surface area (Å²) in [4.78, 5) is 7.97.